The summed E-state index contributed by atoms with van der Waals surface area (Å²) >= 11 is 3.47. The van der Waals surface area contributed by atoms with E-state index in [1.54, 1.807) is 11.3 Å². The first-order chi connectivity index (χ1) is 9.63. The number of aryl methyl sites for hydroxylation is 2. The number of hydrogen-bond donors (Lipinski definition) is 2. The Morgan fingerprint density at radius 2 is 2.15 bits per heavy atom. The summed E-state index contributed by atoms with van der Waals surface area (Å²) in [6, 6.07) is 0. The molecule has 2 aromatic heterocycles. The summed E-state index contributed by atoms with van der Waals surface area (Å²) in [5, 5.41) is 4.08. The number of hydrogen-bond acceptors (Lipinski definition) is 5. The van der Waals surface area contributed by atoms with Crippen LogP contribution in [0.4, 0.5) is 0 Å². The summed E-state index contributed by atoms with van der Waals surface area (Å²) < 4.78 is 0. The number of aromatic nitrogens is 2. The third-order valence-corrected chi connectivity index (χ3v) is 5.13. The molecule has 4 nitrogen and oxygen atoms in total. The van der Waals surface area contributed by atoms with Crippen LogP contribution >= 0.6 is 23.1 Å². The SMILES string of the molecule is CSCCCCNCc1nc2sc(C)c(C)c2c(=O)[nH]1. The first-order valence-electron chi connectivity index (χ1n) is 6.82. The molecule has 0 aliphatic carbocycles. The molecule has 0 fully saturated rings. The molecule has 0 unspecified atom stereocenters. The van der Waals surface area contributed by atoms with Crippen LogP contribution in [-0.2, 0) is 6.54 Å². The van der Waals surface area contributed by atoms with Crippen molar-refractivity contribution in [2.45, 2.75) is 33.2 Å². The maximum Gasteiger partial charge on any atom is 0.259 e. The smallest absolute Gasteiger partial charge is 0.259 e. The van der Waals surface area contributed by atoms with Gasteiger partial charge in [-0.05, 0) is 50.8 Å². The molecule has 2 aromatic rings. The van der Waals surface area contributed by atoms with E-state index >= 15 is 0 Å². The zero-order chi connectivity index (χ0) is 14.5. The van der Waals surface area contributed by atoms with Crippen LogP contribution < -0.4 is 10.9 Å². The molecule has 0 aliphatic heterocycles. The van der Waals surface area contributed by atoms with Crippen molar-refractivity contribution < 1.29 is 0 Å². The number of thioether (sulfide) groups is 1. The molecule has 0 saturated carbocycles. The van der Waals surface area contributed by atoms with E-state index in [2.05, 4.69) is 21.5 Å². The van der Waals surface area contributed by atoms with Crippen LogP contribution in [0.15, 0.2) is 4.79 Å². The van der Waals surface area contributed by atoms with Gasteiger partial charge < -0.3 is 10.3 Å². The Kier molecular flexibility index (Phi) is 5.63. The average molecular weight is 311 g/mol. The lowest BCUT2D eigenvalue weighted by molar-refractivity contribution is 0.625. The number of thiophene rings is 1. The van der Waals surface area contributed by atoms with E-state index in [-0.39, 0.29) is 5.56 Å². The molecule has 2 rings (SSSR count). The van der Waals surface area contributed by atoms with Crippen molar-refractivity contribution in [2.75, 3.05) is 18.6 Å². The highest BCUT2D eigenvalue weighted by molar-refractivity contribution is 7.98. The van der Waals surface area contributed by atoms with Gasteiger partial charge in [-0.2, -0.15) is 11.8 Å². The summed E-state index contributed by atoms with van der Waals surface area (Å²) in [7, 11) is 0. The molecule has 2 N–H and O–H groups in total. The van der Waals surface area contributed by atoms with E-state index in [1.165, 1.54) is 17.1 Å². The Morgan fingerprint density at radius 1 is 1.35 bits per heavy atom. The Balaban J connectivity index is 2.00. The average Bonchev–Trinajstić information content (AvgIpc) is 2.69. The van der Waals surface area contributed by atoms with Gasteiger partial charge in [-0.25, -0.2) is 4.98 Å². The van der Waals surface area contributed by atoms with Crippen molar-refractivity contribution in [3.05, 3.63) is 26.6 Å². The second kappa shape index (κ2) is 7.24. The van der Waals surface area contributed by atoms with Gasteiger partial charge in [0.05, 0.1) is 11.9 Å². The van der Waals surface area contributed by atoms with Gasteiger partial charge >= 0.3 is 0 Å². The monoisotopic (exact) mass is 311 g/mol. The molecule has 0 amide bonds. The van der Waals surface area contributed by atoms with Crippen molar-refractivity contribution in [2.24, 2.45) is 0 Å². The van der Waals surface area contributed by atoms with Crippen LogP contribution in [-0.4, -0.2) is 28.5 Å². The fourth-order valence-electron chi connectivity index (χ4n) is 2.09. The maximum absolute atomic E-state index is 12.1. The summed E-state index contributed by atoms with van der Waals surface area (Å²) in [6.45, 7) is 5.60. The number of nitrogens with one attached hydrogen (secondary N) is 2. The van der Waals surface area contributed by atoms with Crippen molar-refractivity contribution in [3.63, 3.8) is 0 Å². The van der Waals surface area contributed by atoms with Gasteiger partial charge in [0.2, 0.25) is 0 Å². The number of aromatic amines is 1. The lowest BCUT2D eigenvalue weighted by atomic mass is 10.2. The summed E-state index contributed by atoms with van der Waals surface area (Å²) in [6.07, 6.45) is 4.51. The first kappa shape index (κ1) is 15.5. The van der Waals surface area contributed by atoms with Crippen LogP contribution in [0.1, 0.15) is 29.1 Å². The molecule has 0 aliphatic rings. The van der Waals surface area contributed by atoms with Crippen molar-refractivity contribution in [1.82, 2.24) is 15.3 Å². The predicted octanol–water partition coefficient (Wildman–Crippen LogP) is 2.83. The van der Waals surface area contributed by atoms with E-state index in [1.807, 2.05) is 25.6 Å². The van der Waals surface area contributed by atoms with Gasteiger partial charge in [0.1, 0.15) is 10.7 Å². The van der Waals surface area contributed by atoms with Crippen molar-refractivity contribution in [1.29, 1.82) is 0 Å². The summed E-state index contributed by atoms with van der Waals surface area (Å²) in [5.41, 5.74) is 1.03. The van der Waals surface area contributed by atoms with Gasteiger partial charge in [-0.15, -0.1) is 11.3 Å². The minimum atomic E-state index is -0.0176. The maximum atomic E-state index is 12.1. The van der Waals surface area contributed by atoms with Crippen LogP contribution in [0, 0.1) is 13.8 Å². The second-order valence-corrected chi connectivity index (χ2v) is 7.04. The van der Waals surface area contributed by atoms with E-state index in [4.69, 9.17) is 0 Å². The van der Waals surface area contributed by atoms with Gasteiger partial charge in [-0.1, -0.05) is 0 Å². The normalized spacial score (nSPS) is 11.3. The fourth-order valence-corrected chi connectivity index (χ4v) is 3.63. The molecule has 0 aromatic carbocycles. The fraction of sp³-hybridized carbons (Fsp3) is 0.571. The summed E-state index contributed by atoms with van der Waals surface area (Å²) in [5.74, 6) is 1.94. The molecule has 0 radical (unpaired) electrons. The zero-order valence-electron chi connectivity index (χ0n) is 12.2. The Morgan fingerprint density at radius 3 is 2.90 bits per heavy atom. The second-order valence-electron chi connectivity index (χ2n) is 4.85. The highest BCUT2D eigenvalue weighted by Crippen LogP contribution is 2.25. The van der Waals surface area contributed by atoms with E-state index < -0.39 is 0 Å². The number of rotatable bonds is 7. The molecule has 0 bridgehead atoms. The molecule has 2 heterocycles. The number of fused-ring (bicyclic) bond motifs is 1. The Hall–Kier alpha value is -0.850. The molecule has 6 heteroatoms. The largest absolute Gasteiger partial charge is 0.310 e. The molecule has 0 atom stereocenters. The molecule has 0 spiro atoms. The number of unbranched alkanes of at least 4 members (excludes halogenated alkanes) is 1. The zero-order valence-corrected chi connectivity index (χ0v) is 13.8. The molecular formula is C14H21N3OS2. The van der Waals surface area contributed by atoms with Gasteiger partial charge in [0, 0.05) is 4.88 Å². The molecule has 110 valence electrons. The van der Waals surface area contributed by atoms with Gasteiger partial charge in [-0.3, -0.25) is 4.79 Å². The van der Waals surface area contributed by atoms with E-state index in [9.17, 15) is 4.79 Å². The quantitative estimate of drug-likeness (QED) is 0.772. The standard InChI is InChI=1S/C14H21N3OS2/c1-9-10(2)20-14-12(9)13(18)16-11(17-14)8-15-6-4-5-7-19-3/h15H,4-8H2,1-3H3,(H,16,17,18). The highest BCUT2D eigenvalue weighted by atomic mass is 32.2. The van der Waals surface area contributed by atoms with Crippen LogP contribution in [0.25, 0.3) is 10.2 Å². The lowest BCUT2D eigenvalue weighted by Gasteiger charge is -2.04. The third kappa shape index (κ3) is 3.62. The van der Waals surface area contributed by atoms with Crippen LogP contribution in [0.5, 0.6) is 0 Å². The molecular weight excluding hydrogens is 290 g/mol. The van der Waals surface area contributed by atoms with E-state index in [0.29, 0.717) is 6.54 Å². The van der Waals surface area contributed by atoms with Crippen molar-refractivity contribution in [3.8, 4) is 0 Å². The molecule has 0 saturated heterocycles. The minimum absolute atomic E-state index is 0.0176. The van der Waals surface area contributed by atoms with Gasteiger partial charge in [0.25, 0.3) is 5.56 Å². The van der Waals surface area contributed by atoms with Crippen molar-refractivity contribution >= 4 is 33.3 Å². The molecule has 20 heavy (non-hydrogen) atoms. The third-order valence-electron chi connectivity index (χ3n) is 3.33. The predicted molar refractivity (Wildman–Crippen MR) is 89.0 cm³/mol. The van der Waals surface area contributed by atoms with Crippen LogP contribution in [0.3, 0.4) is 0 Å². The van der Waals surface area contributed by atoms with E-state index in [0.717, 1.165) is 34.6 Å². The summed E-state index contributed by atoms with van der Waals surface area (Å²) in [4.78, 5) is 21.5. The Labute approximate surface area is 127 Å². The topological polar surface area (TPSA) is 57.8 Å². The number of H-pyrrole nitrogens is 1. The highest BCUT2D eigenvalue weighted by Gasteiger charge is 2.11. The van der Waals surface area contributed by atoms with Crippen LogP contribution in [0.2, 0.25) is 0 Å². The first-order valence-corrected chi connectivity index (χ1v) is 9.03. The van der Waals surface area contributed by atoms with Gasteiger partial charge in [0.15, 0.2) is 0 Å². The minimum Gasteiger partial charge on any atom is -0.310 e. The number of nitrogens with zero attached hydrogens (tertiary/aromatic N) is 1. The Bertz CT molecular complexity index is 633. The lowest BCUT2D eigenvalue weighted by Crippen LogP contribution is -2.20.